The molecule has 1 aliphatic carbocycles. The van der Waals surface area contributed by atoms with Crippen LogP contribution in [0.3, 0.4) is 0 Å². The highest BCUT2D eigenvalue weighted by atomic mass is 32.2. The molecular formula is C16H20O5S. The summed E-state index contributed by atoms with van der Waals surface area (Å²) in [6.07, 6.45) is 4.99. The molecule has 120 valence electrons. The van der Waals surface area contributed by atoms with E-state index >= 15 is 0 Å². The molecule has 0 fully saturated rings. The molecule has 0 N–H and O–H groups in total. The molecule has 0 saturated heterocycles. The van der Waals surface area contributed by atoms with E-state index in [1.165, 1.54) is 0 Å². The second-order valence-electron chi connectivity index (χ2n) is 6.17. The minimum Gasteiger partial charge on any atom is -0.484 e. The van der Waals surface area contributed by atoms with Crippen LogP contribution in [0.5, 0.6) is 0 Å². The van der Waals surface area contributed by atoms with E-state index in [1.54, 1.807) is 39.8 Å². The van der Waals surface area contributed by atoms with Crippen molar-refractivity contribution in [1.82, 2.24) is 0 Å². The molecule has 0 aromatic heterocycles. The van der Waals surface area contributed by atoms with Crippen LogP contribution in [0.2, 0.25) is 0 Å². The summed E-state index contributed by atoms with van der Waals surface area (Å²) >= 11 is 0. The summed E-state index contributed by atoms with van der Waals surface area (Å²) in [4.78, 5) is 12.3. The highest BCUT2D eigenvalue weighted by Gasteiger charge is 2.46. The van der Waals surface area contributed by atoms with Gasteiger partial charge < -0.3 is 9.47 Å². The molecule has 0 amide bonds. The van der Waals surface area contributed by atoms with E-state index < -0.39 is 27.8 Å². The Kier molecular flexibility index (Phi) is 4.33. The van der Waals surface area contributed by atoms with E-state index in [2.05, 4.69) is 0 Å². The number of esters is 1. The van der Waals surface area contributed by atoms with Gasteiger partial charge in [-0.15, -0.1) is 0 Å². The van der Waals surface area contributed by atoms with Crippen molar-refractivity contribution in [2.75, 3.05) is 0 Å². The molecular weight excluding hydrogens is 304 g/mol. The van der Waals surface area contributed by atoms with Crippen LogP contribution < -0.4 is 0 Å². The molecule has 0 radical (unpaired) electrons. The van der Waals surface area contributed by atoms with Gasteiger partial charge in [-0.3, -0.25) is 0 Å². The number of hydrogen-bond donors (Lipinski definition) is 0. The molecule has 6 heteroatoms. The molecule has 1 heterocycles. The molecule has 0 saturated carbocycles. The van der Waals surface area contributed by atoms with Crippen molar-refractivity contribution in [3.8, 4) is 0 Å². The van der Waals surface area contributed by atoms with Crippen molar-refractivity contribution in [1.29, 1.82) is 0 Å². The van der Waals surface area contributed by atoms with Gasteiger partial charge in [0.25, 0.3) is 0 Å². The lowest BCUT2D eigenvalue weighted by molar-refractivity contribution is -0.148. The summed E-state index contributed by atoms with van der Waals surface area (Å²) in [7, 11) is -2.39. The minimum atomic E-state index is -2.39. The molecule has 1 aliphatic heterocycles. The number of hydrogen-bond acceptors (Lipinski definition) is 5. The van der Waals surface area contributed by atoms with Crippen molar-refractivity contribution < 1.29 is 22.7 Å². The lowest BCUT2D eigenvalue weighted by Crippen LogP contribution is -2.31. The van der Waals surface area contributed by atoms with Crippen LogP contribution in [0.15, 0.2) is 35.1 Å². The first-order valence-electron chi connectivity index (χ1n) is 7.10. The molecule has 22 heavy (non-hydrogen) atoms. The Balaban J connectivity index is 2.65. The summed E-state index contributed by atoms with van der Waals surface area (Å²) in [5.41, 5.74) is 0.468. The number of carbonyl (C=O) groups is 1. The number of ether oxygens (including phenoxy) is 2. The van der Waals surface area contributed by atoms with Crippen molar-refractivity contribution >= 4 is 21.1 Å². The average Bonchev–Trinajstić information content (AvgIpc) is 2.58. The minimum absolute atomic E-state index is 0.116. The standard InChI is InChI=1S/C16H20O5S/c1-9(2)20-14-13(16(4,5)21-15(14)17)11-7-6-10(3)8-12(11)22(18)19/h6-9,11H,1-5H3. The molecule has 0 aromatic rings. The fraction of sp³-hybridized carbons (Fsp3) is 0.500. The number of cyclic esters (lactones) is 1. The Labute approximate surface area is 131 Å². The third-order valence-corrected chi connectivity index (χ3v) is 4.27. The fourth-order valence-electron chi connectivity index (χ4n) is 2.67. The SMILES string of the molecule is CC1=CC(=S(=O)=O)C(C2=C(OC(C)C)C(=O)OC2(C)C)C=C1. The molecule has 1 atom stereocenters. The van der Waals surface area contributed by atoms with Crippen molar-refractivity contribution in [2.45, 2.75) is 46.3 Å². The zero-order chi connectivity index (χ0) is 16.7. The van der Waals surface area contributed by atoms with E-state index in [1.807, 2.05) is 13.0 Å². The van der Waals surface area contributed by atoms with E-state index in [0.29, 0.717) is 5.57 Å². The molecule has 2 rings (SSSR count). The van der Waals surface area contributed by atoms with Gasteiger partial charge in [0, 0.05) is 11.5 Å². The average molecular weight is 324 g/mol. The van der Waals surface area contributed by atoms with Gasteiger partial charge in [-0.05, 0) is 40.7 Å². The van der Waals surface area contributed by atoms with E-state index in [9.17, 15) is 13.2 Å². The van der Waals surface area contributed by atoms with Crippen molar-refractivity contribution in [2.24, 2.45) is 5.92 Å². The van der Waals surface area contributed by atoms with E-state index in [-0.39, 0.29) is 16.7 Å². The number of carbonyl (C=O) groups excluding carboxylic acids is 1. The predicted octanol–water partition coefficient (Wildman–Crippen LogP) is 2.18. The summed E-state index contributed by atoms with van der Waals surface area (Å²) in [6.45, 7) is 8.91. The Hall–Kier alpha value is -1.82. The molecule has 0 aromatic carbocycles. The maximum Gasteiger partial charge on any atom is 0.374 e. The summed E-state index contributed by atoms with van der Waals surface area (Å²) in [5, 5.41) is 0. The van der Waals surface area contributed by atoms with Crippen LogP contribution in [0, 0.1) is 5.92 Å². The first-order chi connectivity index (χ1) is 10.1. The highest BCUT2D eigenvalue weighted by molar-refractivity contribution is 7.73. The Morgan fingerprint density at radius 1 is 1.32 bits per heavy atom. The van der Waals surface area contributed by atoms with Crippen LogP contribution in [-0.4, -0.2) is 31.0 Å². The third kappa shape index (κ3) is 3.02. The quantitative estimate of drug-likeness (QED) is 0.588. The van der Waals surface area contributed by atoms with Gasteiger partial charge in [0.2, 0.25) is 16.1 Å². The topological polar surface area (TPSA) is 69.7 Å². The van der Waals surface area contributed by atoms with Gasteiger partial charge in [-0.1, -0.05) is 17.7 Å². The van der Waals surface area contributed by atoms with Crippen LogP contribution >= 0.6 is 0 Å². The normalized spacial score (nSPS) is 23.7. The van der Waals surface area contributed by atoms with Crippen molar-refractivity contribution in [3.05, 3.63) is 35.1 Å². The van der Waals surface area contributed by atoms with Crippen LogP contribution in [-0.2, 0) is 24.6 Å². The lowest BCUT2D eigenvalue weighted by atomic mass is 9.82. The Bertz CT molecular complexity index is 724. The van der Waals surface area contributed by atoms with Gasteiger partial charge >= 0.3 is 5.97 Å². The Morgan fingerprint density at radius 2 is 1.95 bits per heavy atom. The van der Waals surface area contributed by atoms with Crippen LogP contribution in [0.4, 0.5) is 0 Å². The van der Waals surface area contributed by atoms with Crippen LogP contribution in [0.25, 0.3) is 0 Å². The molecule has 5 nitrogen and oxygen atoms in total. The van der Waals surface area contributed by atoms with Crippen LogP contribution in [0.1, 0.15) is 34.6 Å². The van der Waals surface area contributed by atoms with E-state index in [4.69, 9.17) is 9.47 Å². The molecule has 1 unspecified atom stereocenters. The molecule has 0 spiro atoms. The van der Waals surface area contributed by atoms with Gasteiger partial charge in [0.15, 0.2) is 0 Å². The fourth-order valence-corrected chi connectivity index (χ4v) is 3.36. The zero-order valence-electron chi connectivity index (χ0n) is 13.3. The third-order valence-electron chi connectivity index (χ3n) is 3.51. The van der Waals surface area contributed by atoms with E-state index in [0.717, 1.165) is 5.57 Å². The second-order valence-corrected chi connectivity index (χ2v) is 7.11. The second kappa shape index (κ2) is 5.76. The summed E-state index contributed by atoms with van der Waals surface area (Å²) in [6, 6.07) is 0. The summed E-state index contributed by atoms with van der Waals surface area (Å²) < 4.78 is 34.2. The smallest absolute Gasteiger partial charge is 0.374 e. The largest absolute Gasteiger partial charge is 0.484 e. The molecule has 0 bridgehead atoms. The lowest BCUT2D eigenvalue weighted by Gasteiger charge is -2.27. The van der Waals surface area contributed by atoms with Gasteiger partial charge in [-0.2, -0.15) is 8.42 Å². The maximum atomic E-state index is 12.1. The zero-order valence-corrected chi connectivity index (χ0v) is 14.2. The number of allylic oxidation sites excluding steroid dienone is 4. The monoisotopic (exact) mass is 324 g/mol. The first kappa shape index (κ1) is 16.5. The number of rotatable bonds is 3. The first-order valence-corrected chi connectivity index (χ1v) is 8.18. The van der Waals surface area contributed by atoms with Gasteiger partial charge in [0.1, 0.15) is 5.60 Å². The van der Waals surface area contributed by atoms with Crippen molar-refractivity contribution in [3.63, 3.8) is 0 Å². The maximum absolute atomic E-state index is 12.1. The van der Waals surface area contributed by atoms with Gasteiger partial charge in [0.05, 0.1) is 11.0 Å². The highest BCUT2D eigenvalue weighted by Crippen LogP contribution is 2.40. The molecule has 2 aliphatic rings. The summed E-state index contributed by atoms with van der Waals surface area (Å²) in [5.74, 6) is -0.993. The Morgan fingerprint density at radius 3 is 2.50 bits per heavy atom. The van der Waals surface area contributed by atoms with Gasteiger partial charge in [-0.25, -0.2) is 4.79 Å². The predicted molar refractivity (Wildman–Crippen MR) is 83.7 cm³/mol.